The molecule has 1 fully saturated rings. The molecule has 6 heteroatoms. The zero-order valence-corrected chi connectivity index (χ0v) is 15.3. The van der Waals surface area contributed by atoms with Crippen LogP contribution in [-0.4, -0.2) is 57.8 Å². The van der Waals surface area contributed by atoms with Crippen LogP contribution >= 0.6 is 0 Å². The average Bonchev–Trinajstić information content (AvgIpc) is 2.69. The number of piperazine rings is 1. The van der Waals surface area contributed by atoms with Crippen molar-refractivity contribution >= 4 is 17.3 Å². The maximum Gasteiger partial charge on any atom is 0.238 e. The van der Waals surface area contributed by atoms with Crippen molar-refractivity contribution in [3.8, 4) is 11.5 Å². The van der Waals surface area contributed by atoms with Crippen LogP contribution in [0.3, 0.4) is 0 Å². The van der Waals surface area contributed by atoms with Gasteiger partial charge in [0.2, 0.25) is 5.91 Å². The molecule has 2 aromatic carbocycles. The van der Waals surface area contributed by atoms with E-state index in [0.717, 1.165) is 43.4 Å². The second-order valence-electron chi connectivity index (χ2n) is 6.24. The summed E-state index contributed by atoms with van der Waals surface area (Å²) in [6.07, 6.45) is 0. The van der Waals surface area contributed by atoms with E-state index >= 15 is 0 Å². The lowest BCUT2D eigenvalue weighted by atomic mass is 10.2. The fraction of sp³-hybridized carbons (Fsp3) is 0.350. The number of carbonyl (C=O) groups excluding carboxylic acids is 1. The first-order valence-electron chi connectivity index (χ1n) is 8.73. The van der Waals surface area contributed by atoms with Crippen molar-refractivity contribution in [1.82, 2.24) is 4.90 Å². The first-order chi connectivity index (χ1) is 12.7. The van der Waals surface area contributed by atoms with E-state index in [1.54, 1.807) is 14.2 Å². The van der Waals surface area contributed by atoms with E-state index in [1.165, 1.54) is 5.69 Å². The van der Waals surface area contributed by atoms with Gasteiger partial charge in [-0.2, -0.15) is 0 Å². The van der Waals surface area contributed by atoms with Gasteiger partial charge < -0.3 is 19.7 Å². The highest BCUT2D eigenvalue weighted by Gasteiger charge is 2.19. The van der Waals surface area contributed by atoms with Crippen LogP contribution in [0.25, 0.3) is 0 Å². The number of ether oxygens (including phenoxy) is 2. The van der Waals surface area contributed by atoms with Gasteiger partial charge in [-0.1, -0.05) is 6.07 Å². The third-order valence-corrected chi connectivity index (χ3v) is 4.53. The largest absolute Gasteiger partial charge is 0.497 e. The van der Waals surface area contributed by atoms with E-state index in [4.69, 9.17) is 9.47 Å². The summed E-state index contributed by atoms with van der Waals surface area (Å²) >= 11 is 0. The number of benzene rings is 2. The molecule has 0 unspecified atom stereocenters. The highest BCUT2D eigenvalue weighted by Crippen LogP contribution is 2.20. The van der Waals surface area contributed by atoms with Crippen molar-refractivity contribution in [2.45, 2.75) is 0 Å². The predicted octanol–water partition coefficient (Wildman–Crippen LogP) is 2.46. The number of anilines is 2. The highest BCUT2D eigenvalue weighted by molar-refractivity contribution is 5.92. The molecule has 1 N–H and O–H groups in total. The fourth-order valence-electron chi connectivity index (χ4n) is 3.06. The molecule has 0 saturated carbocycles. The van der Waals surface area contributed by atoms with Crippen LogP contribution in [0.5, 0.6) is 11.5 Å². The van der Waals surface area contributed by atoms with Crippen molar-refractivity contribution in [1.29, 1.82) is 0 Å². The lowest BCUT2D eigenvalue weighted by molar-refractivity contribution is -0.117. The van der Waals surface area contributed by atoms with Gasteiger partial charge in [0, 0.05) is 43.6 Å². The zero-order chi connectivity index (χ0) is 18.4. The number of rotatable bonds is 6. The number of nitrogens with zero attached hydrogens (tertiary/aromatic N) is 2. The van der Waals surface area contributed by atoms with Crippen LogP contribution in [0.4, 0.5) is 11.4 Å². The molecule has 1 saturated heterocycles. The van der Waals surface area contributed by atoms with E-state index in [2.05, 4.69) is 27.2 Å². The van der Waals surface area contributed by atoms with Gasteiger partial charge in [0.1, 0.15) is 11.5 Å². The zero-order valence-electron chi connectivity index (χ0n) is 15.3. The Morgan fingerprint density at radius 2 is 1.65 bits per heavy atom. The SMILES string of the molecule is COc1ccc(N2CCN(CC(=O)Nc3cccc(OC)c3)CC2)cc1. The number of methoxy groups -OCH3 is 2. The minimum absolute atomic E-state index is 0.00356. The predicted molar refractivity (Wildman–Crippen MR) is 103 cm³/mol. The lowest BCUT2D eigenvalue weighted by Crippen LogP contribution is -2.48. The standard InChI is InChI=1S/C20H25N3O3/c1-25-18-8-6-17(7-9-18)23-12-10-22(11-13-23)15-20(24)21-16-4-3-5-19(14-16)26-2/h3-9,14H,10-13,15H2,1-2H3,(H,21,24). The van der Waals surface area contributed by atoms with E-state index in [1.807, 2.05) is 36.4 Å². The van der Waals surface area contributed by atoms with Crippen LogP contribution in [0.15, 0.2) is 48.5 Å². The Hall–Kier alpha value is -2.73. The Bertz CT molecular complexity index is 725. The Kier molecular flexibility index (Phi) is 5.96. The molecular formula is C20H25N3O3. The molecule has 1 aliphatic rings. The van der Waals surface area contributed by atoms with Gasteiger partial charge in [-0.15, -0.1) is 0 Å². The molecule has 26 heavy (non-hydrogen) atoms. The molecule has 0 spiro atoms. The monoisotopic (exact) mass is 355 g/mol. The molecule has 0 bridgehead atoms. The minimum atomic E-state index is -0.00356. The first kappa shape index (κ1) is 18.1. The molecule has 1 heterocycles. The smallest absolute Gasteiger partial charge is 0.238 e. The van der Waals surface area contributed by atoms with E-state index in [9.17, 15) is 4.79 Å². The Morgan fingerprint density at radius 3 is 2.31 bits per heavy atom. The molecule has 0 aliphatic carbocycles. The van der Waals surface area contributed by atoms with Gasteiger partial charge in [0.15, 0.2) is 0 Å². The maximum absolute atomic E-state index is 12.3. The summed E-state index contributed by atoms with van der Waals surface area (Å²) in [6.45, 7) is 3.92. The number of carbonyl (C=O) groups is 1. The normalized spacial score (nSPS) is 14.8. The van der Waals surface area contributed by atoms with Gasteiger partial charge in [-0.05, 0) is 36.4 Å². The number of amides is 1. The molecule has 0 radical (unpaired) electrons. The number of nitrogens with one attached hydrogen (secondary N) is 1. The van der Waals surface area contributed by atoms with E-state index < -0.39 is 0 Å². The van der Waals surface area contributed by atoms with Crippen molar-refractivity contribution in [3.63, 3.8) is 0 Å². The third-order valence-electron chi connectivity index (χ3n) is 4.53. The van der Waals surface area contributed by atoms with Crippen molar-refractivity contribution in [3.05, 3.63) is 48.5 Å². The van der Waals surface area contributed by atoms with Gasteiger partial charge >= 0.3 is 0 Å². The summed E-state index contributed by atoms with van der Waals surface area (Å²) < 4.78 is 10.4. The Morgan fingerprint density at radius 1 is 0.962 bits per heavy atom. The van der Waals surface area contributed by atoms with Gasteiger partial charge in [0.25, 0.3) is 0 Å². The second-order valence-corrected chi connectivity index (χ2v) is 6.24. The highest BCUT2D eigenvalue weighted by atomic mass is 16.5. The third kappa shape index (κ3) is 4.67. The fourth-order valence-corrected chi connectivity index (χ4v) is 3.06. The quantitative estimate of drug-likeness (QED) is 0.863. The van der Waals surface area contributed by atoms with Crippen molar-refractivity contribution in [2.24, 2.45) is 0 Å². The Balaban J connectivity index is 1.47. The molecule has 0 atom stereocenters. The molecule has 3 rings (SSSR count). The van der Waals surface area contributed by atoms with Crippen LogP contribution in [0.1, 0.15) is 0 Å². The summed E-state index contributed by atoms with van der Waals surface area (Å²) in [5, 5.41) is 2.93. The molecule has 1 amide bonds. The molecule has 6 nitrogen and oxygen atoms in total. The van der Waals surface area contributed by atoms with Crippen LogP contribution in [0, 0.1) is 0 Å². The van der Waals surface area contributed by atoms with Gasteiger partial charge in [-0.3, -0.25) is 9.69 Å². The second kappa shape index (κ2) is 8.58. The summed E-state index contributed by atoms with van der Waals surface area (Å²) in [4.78, 5) is 16.8. The average molecular weight is 355 g/mol. The summed E-state index contributed by atoms with van der Waals surface area (Å²) in [6, 6.07) is 15.5. The minimum Gasteiger partial charge on any atom is -0.497 e. The lowest BCUT2D eigenvalue weighted by Gasteiger charge is -2.35. The molecule has 0 aromatic heterocycles. The summed E-state index contributed by atoms with van der Waals surface area (Å²) in [5.41, 5.74) is 1.94. The number of hydrogen-bond acceptors (Lipinski definition) is 5. The van der Waals surface area contributed by atoms with Crippen molar-refractivity contribution in [2.75, 3.05) is 57.2 Å². The van der Waals surface area contributed by atoms with Crippen molar-refractivity contribution < 1.29 is 14.3 Å². The molecular weight excluding hydrogens is 330 g/mol. The van der Waals surface area contributed by atoms with Gasteiger partial charge in [-0.25, -0.2) is 0 Å². The van der Waals surface area contributed by atoms with E-state index in [-0.39, 0.29) is 5.91 Å². The number of hydrogen-bond donors (Lipinski definition) is 1. The van der Waals surface area contributed by atoms with Crippen LogP contribution in [-0.2, 0) is 4.79 Å². The summed E-state index contributed by atoms with van der Waals surface area (Å²) in [5.74, 6) is 1.59. The molecule has 1 aliphatic heterocycles. The summed E-state index contributed by atoms with van der Waals surface area (Å²) in [7, 11) is 3.29. The first-order valence-corrected chi connectivity index (χ1v) is 8.73. The van der Waals surface area contributed by atoms with Crippen LogP contribution < -0.4 is 19.7 Å². The van der Waals surface area contributed by atoms with Gasteiger partial charge in [0.05, 0.1) is 20.8 Å². The molecule has 138 valence electrons. The Labute approximate surface area is 154 Å². The van der Waals surface area contributed by atoms with E-state index in [0.29, 0.717) is 6.54 Å². The maximum atomic E-state index is 12.3. The topological polar surface area (TPSA) is 54.0 Å². The van der Waals surface area contributed by atoms with Crippen LogP contribution in [0.2, 0.25) is 0 Å². The molecule has 2 aromatic rings.